The molecule has 3 aliphatic rings. The van der Waals surface area contributed by atoms with Gasteiger partial charge in [0.15, 0.2) is 0 Å². The molecule has 3 aliphatic heterocycles. The molecule has 15 heteroatoms. The third-order valence-electron chi connectivity index (χ3n) is 5.93. The van der Waals surface area contributed by atoms with Crippen LogP contribution in [0.2, 0.25) is 0 Å². The highest BCUT2D eigenvalue weighted by Crippen LogP contribution is 2.52. The first-order valence-corrected chi connectivity index (χ1v) is 11.8. The summed E-state index contributed by atoms with van der Waals surface area (Å²) in [5.41, 5.74) is -0.197. The molecular weight excluding hydrogens is 494 g/mol. The van der Waals surface area contributed by atoms with Gasteiger partial charge in [0.1, 0.15) is 0 Å². The van der Waals surface area contributed by atoms with E-state index in [1.807, 2.05) is 6.07 Å². The van der Waals surface area contributed by atoms with Gasteiger partial charge in [-0.2, -0.15) is 30.6 Å². The van der Waals surface area contributed by atoms with E-state index >= 15 is 0 Å². The number of benzene rings is 1. The molecule has 0 radical (unpaired) electrons. The Labute approximate surface area is 191 Å². The van der Waals surface area contributed by atoms with Gasteiger partial charge in [-0.25, -0.2) is 13.2 Å². The summed E-state index contributed by atoms with van der Waals surface area (Å²) in [6.07, 6.45) is -7.65. The normalized spacial score (nSPS) is 21.1. The van der Waals surface area contributed by atoms with Crippen LogP contribution in [-0.2, 0) is 27.8 Å². The zero-order valence-electron chi connectivity index (χ0n) is 17.7. The van der Waals surface area contributed by atoms with Crippen molar-refractivity contribution in [3.8, 4) is 0 Å². The van der Waals surface area contributed by atoms with E-state index in [1.165, 1.54) is 4.31 Å². The Kier molecular flexibility index (Phi) is 7.30. The molecule has 1 aromatic rings. The number of carboxylic acids is 1. The molecule has 34 heavy (non-hydrogen) atoms. The predicted octanol–water partition coefficient (Wildman–Crippen LogP) is 3.48. The number of hydrogen-bond acceptors (Lipinski definition) is 6. The molecule has 0 amide bonds. The number of nitrogens with zero attached hydrogens (tertiary/aromatic N) is 3. The molecule has 0 unspecified atom stereocenters. The summed E-state index contributed by atoms with van der Waals surface area (Å²) in [6.45, 7) is 1.71. The highest BCUT2D eigenvalue weighted by molar-refractivity contribution is 7.89. The average molecular weight is 516 g/mol. The number of fused-ring (bicyclic) bond motifs is 1. The first-order valence-electron chi connectivity index (χ1n) is 10.3. The monoisotopic (exact) mass is 516 g/mol. The van der Waals surface area contributed by atoms with Crippen LogP contribution in [-0.4, -0.2) is 61.4 Å². The SMILES string of the molecule is O=C(O)C(F)(F)F.O=S(=O)(c1ccc2c(c1)CCCNC2)N1CCC(C2(C(F)(F)F)N=N2)CC1. The second-order valence-electron chi connectivity index (χ2n) is 8.12. The second-order valence-corrected chi connectivity index (χ2v) is 10.1. The molecule has 2 N–H and O–H groups in total. The molecule has 190 valence electrons. The van der Waals surface area contributed by atoms with Gasteiger partial charge in [-0.1, -0.05) is 6.07 Å². The minimum absolute atomic E-state index is 0.0501. The van der Waals surface area contributed by atoms with Crippen LogP contribution in [0.15, 0.2) is 33.3 Å². The molecule has 0 saturated carbocycles. The molecule has 0 aliphatic carbocycles. The van der Waals surface area contributed by atoms with E-state index < -0.39 is 39.9 Å². The lowest BCUT2D eigenvalue weighted by atomic mass is 9.87. The molecule has 0 aromatic heterocycles. The van der Waals surface area contributed by atoms with E-state index in [1.54, 1.807) is 12.1 Å². The smallest absolute Gasteiger partial charge is 0.475 e. The molecule has 1 aromatic carbocycles. The number of aliphatic carboxylic acids is 1. The number of carbonyl (C=O) groups is 1. The van der Waals surface area contributed by atoms with E-state index in [0.717, 1.165) is 30.5 Å². The second kappa shape index (κ2) is 9.41. The molecule has 0 spiro atoms. The summed E-state index contributed by atoms with van der Waals surface area (Å²) in [7, 11) is -3.72. The van der Waals surface area contributed by atoms with Crippen molar-refractivity contribution >= 4 is 16.0 Å². The standard InChI is InChI=1S/C17H21F3N4O2S.C2HF3O2/c18-17(19,20)16(22-23-16)14-5-8-24(9-6-14)27(25,26)15-4-3-13-11-21-7-1-2-12(13)10-15;3-2(4,5)1(6)7/h3-4,10,14,21H,1-2,5-9,11H2;(H,6,7). The third kappa shape index (κ3) is 5.51. The molecular formula is C19H22F6N4O4S. The summed E-state index contributed by atoms with van der Waals surface area (Å²) in [5.74, 6) is -3.55. The number of hydrogen-bond donors (Lipinski definition) is 2. The van der Waals surface area contributed by atoms with Gasteiger partial charge in [0.2, 0.25) is 10.0 Å². The van der Waals surface area contributed by atoms with Crippen molar-refractivity contribution < 1.29 is 44.7 Å². The molecule has 3 heterocycles. The maximum absolute atomic E-state index is 13.1. The zero-order chi connectivity index (χ0) is 25.4. The van der Waals surface area contributed by atoms with E-state index in [-0.39, 0.29) is 30.8 Å². The van der Waals surface area contributed by atoms with Crippen LogP contribution in [0.4, 0.5) is 26.3 Å². The fraction of sp³-hybridized carbons (Fsp3) is 0.632. The zero-order valence-corrected chi connectivity index (χ0v) is 18.5. The molecule has 0 atom stereocenters. The number of nitrogens with one attached hydrogen (secondary N) is 1. The Balaban J connectivity index is 0.000000406. The van der Waals surface area contributed by atoms with Crippen molar-refractivity contribution in [2.45, 2.75) is 55.1 Å². The van der Waals surface area contributed by atoms with Crippen LogP contribution < -0.4 is 5.32 Å². The van der Waals surface area contributed by atoms with Gasteiger partial charge < -0.3 is 10.4 Å². The summed E-state index contributed by atoms with van der Waals surface area (Å²) >= 11 is 0. The summed E-state index contributed by atoms with van der Waals surface area (Å²) < 4.78 is 98.4. The lowest BCUT2D eigenvalue weighted by Crippen LogP contribution is -2.47. The van der Waals surface area contributed by atoms with Gasteiger partial charge in [-0.15, -0.1) is 10.2 Å². The number of rotatable bonds is 3. The Hall–Kier alpha value is -2.26. The van der Waals surface area contributed by atoms with E-state index in [9.17, 15) is 34.8 Å². The van der Waals surface area contributed by atoms with Crippen LogP contribution in [0, 0.1) is 5.92 Å². The Morgan fingerprint density at radius 3 is 2.18 bits per heavy atom. The van der Waals surface area contributed by atoms with Crippen LogP contribution in [0.25, 0.3) is 0 Å². The van der Waals surface area contributed by atoms with Crippen molar-refractivity contribution in [3.63, 3.8) is 0 Å². The van der Waals surface area contributed by atoms with Crippen LogP contribution >= 0.6 is 0 Å². The number of halogens is 6. The van der Waals surface area contributed by atoms with Gasteiger partial charge in [0.05, 0.1) is 4.90 Å². The van der Waals surface area contributed by atoms with E-state index in [4.69, 9.17) is 9.90 Å². The quantitative estimate of drug-likeness (QED) is 0.598. The lowest BCUT2D eigenvalue weighted by Gasteiger charge is -2.34. The number of sulfonamides is 1. The molecule has 1 saturated heterocycles. The van der Waals surface area contributed by atoms with Crippen LogP contribution in [0.3, 0.4) is 0 Å². The molecule has 0 bridgehead atoms. The fourth-order valence-electron chi connectivity index (χ4n) is 4.00. The Bertz CT molecular complexity index is 1040. The first-order chi connectivity index (χ1) is 15.7. The van der Waals surface area contributed by atoms with E-state index in [2.05, 4.69) is 15.5 Å². The van der Waals surface area contributed by atoms with Gasteiger partial charge in [0.25, 0.3) is 5.66 Å². The third-order valence-corrected chi connectivity index (χ3v) is 7.82. The summed E-state index contributed by atoms with van der Waals surface area (Å²) in [5, 5.41) is 16.9. The predicted molar refractivity (Wildman–Crippen MR) is 105 cm³/mol. The minimum Gasteiger partial charge on any atom is -0.475 e. The topological polar surface area (TPSA) is 111 Å². The number of alkyl halides is 6. The van der Waals surface area contributed by atoms with Gasteiger partial charge >= 0.3 is 18.3 Å². The largest absolute Gasteiger partial charge is 0.490 e. The van der Waals surface area contributed by atoms with Crippen molar-refractivity contribution in [2.75, 3.05) is 19.6 Å². The average Bonchev–Trinajstić information content (AvgIpc) is 3.58. The van der Waals surface area contributed by atoms with Crippen molar-refractivity contribution in [1.29, 1.82) is 0 Å². The fourth-order valence-corrected chi connectivity index (χ4v) is 5.53. The summed E-state index contributed by atoms with van der Waals surface area (Å²) in [6, 6.07) is 5.14. The van der Waals surface area contributed by atoms with E-state index in [0.29, 0.717) is 6.54 Å². The lowest BCUT2D eigenvalue weighted by molar-refractivity contribution is -0.192. The van der Waals surface area contributed by atoms with Crippen molar-refractivity contribution in [2.24, 2.45) is 16.1 Å². The molecule has 4 rings (SSSR count). The van der Waals surface area contributed by atoms with Crippen molar-refractivity contribution in [3.05, 3.63) is 29.3 Å². The number of carboxylic acid groups (broad SMARTS) is 1. The summed E-state index contributed by atoms with van der Waals surface area (Å²) in [4.78, 5) is 9.11. The first kappa shape index (κ1) is 26.3. The number of piperidine rings is 1. The minimum atomic E-state index is -5.08. The molecule has 1 fully saturated rings. The Morgan fingerprint density at radius 1 is 1.09 bits per heavy atom. The maximum atomic E-state index is 13.1. The maximum Gasteiger partial charge on any atom is 0.490 e. The van der Waals surface area contributed by atoms with Crippen LogP contribution in [0.5, 0.6) is 0 Å². The van der Waals surface area contributed by atoms with Crippen LogP contribution in [0.1, 0.15) is 30.4 Å². The van der Waals surface area contributed by atoms with Gasteiger partial charge in [-0.3, -0.25) is 0 Å². The molecule has 8 nitrogen and oxygen atoms in total. The Morgan fingerprint density at radius 2 is 1.68 bits per heavy atom. The highest BCUT2D eigenvalue weighted by atomic mass is 32.2. The van der Waals surface area contributed by atoms with Gasteiger partial charge in [-0.05, 0) is 55.5 Å². The number of aryl methyl sites for hydroxylation is 1. The highest BCUT2D eigenvalue weighted by Gasteiger charge is 2.68. The van der Waals surface area contributed by atoms with Gasteiger partial charge in [0, 0.05) is 25.6 Å². The van der Waals surface area contributed by atoms with Crippen molar-refractivity contribution in [1.82, 2.24) is 9.62 Å².